The van der Waals surface area contributed by atoms with Crippen molar-refractivity contribution in [1.82, 2.24) is 25.6 Å². The van der Waals surface area contributed by atoms with E-state index < -0.39 is 24.1 Å². The van der Waals surface area contributed by atoms with Gasteiger partial charge in [-0.15, -0.1) is 18.3 Å². The highest BCUT2D eigenvalue weighted by Crippen LogP contribution is 2.38. The van der Waals surface area contributed by atoms with Crippen molar-refractivity contribution in [3.63, 3.8) is 0 Å². The fourth-order valence-corrected chi connectivity index (χ4v) is 6.14. The molecule has 0 spiro atoms. The van der Waals surface area contributed by atoms with Crippen molar-refractivity contribution >= 4 is 40.4 Å². The fourth-order valence-electron chi connectivity index (χ4n) is 6.14. The highest BCUT2D eigenvalue weighted by Gasteiger charge is 2.33. The summed E-state index contributed by atoms with van der Waals surface area (Å²) in [6, 6.07) is 24.5. The summed E-state index contributed by atoms with van der Waals surface area (Å²) >= 11 is 0. The molecule has 0 unspecified atom stereocenters. The molecule has 260 valence electrons. The summed E-state index contributed by atoms with van der Waals surface area (Å²) < 4.78 is 50.2. The molecule has 1 aliphatic rings. The monoisotopic (exact) mass is 696 g/mol. The van der Waals surface area contributed by atoms with Crippen LogP contribution in [0, 0.1) is 0 Å². The third kappa shape index (κ3) is 7.98. The summed E-state index contributed by atoms with van der Waals surface area (Å²) in [5.41, 5.74) is 3.76. The van der Waals surface area contributed by atoms with Crippen molar-refractivity contribution in [3.8, 4) is 17.2 Å². The molecule has 0 atom stereocenters. The van der Waals surface area contributed by atoms with Gasteiger partial charge in [-0.1, -0.05) is 60.8 Å². The number of amides is 3. The number of anilines is 3. The first-order valence-corrected chi connectivity index (χ1v) is 16.3. The Labute approximate surface area is 289 Å². The van der Waals surface area contributed by atoms with Gasteiger partial charge in [-0.25, -0.2) is 9.78 Å². The molecule has 0 radical (unpaired) electrons. The van der Waals surface area contributed by atoms with Crippen molar-refractivity contribution in [2.24, 2.45) is 0 Å². The van der Waals surface area contributed by atoms with Crippen LogP contribution in [0.5, 0.6) is 5.75 Å². The van der Waals surface area contributed by atoms with E-state index in [-0.39, 0.29) is 29.6 Å². The lowest BCUT2D eigenvalue weighted by atomic mass is 9.84. The minimum absolute atomic E-state index is 0.0286. The number of aromatic amines is 1. The highest BCUT2D eigenvalue weighted by atomic mass is 19.4. The van der Waals surface area contributed by atoms with Gasteiger partial charge in [0.15, 0.2) is 5.58 Å². The number of rotatable bonds is 9. The predicted molar refractivity (Wildman–Crippen MR) is 182 cm³/mol. The number of benzene rings is 4. The number of nitrogens with one attached hydrogen (secondary N) is 3. The average Bonchev–Trinajstić information content (AvgIpc) is 3.81. The molecule has 0 bridgehead atoms. The molecule has 12 nitrogen and oxygen atoms in total. The quantitative estimate of drug-likeness (QED) is 0.136. The molecule has 2 aromatic heterocycles. The molecule has 51 heavy (non-hydrogen) atoms. The molecule has 15 heteroatoms. The van der Waals surface area contributed by atoms with Crippen molar-refractivity contribution in [2.75, 3.05) is 15.5 Å². The Morgan fingerprint density at radius 3 is 2.39 bits per heavy atom. The Hall–Kier alpha value is -6.25. The summed E-state index contributed by atoms with van der Waals surface area (Å²) in [6.45, 7) is 0.106. The first-order valence-electron chi connectivity index (χ1n) is 16.3. The number of carbonyl (C=O) groups is 2. The number of urea groups is 1. The van der Waals surface area contributed by atoms with E-state index in [0.717, 1.165) is 18.9 Å². The van der Waals surface area contributed by atoms with Crippen LogP contribution in [-0.4, -0.2) is 43.9 Å². The number of ether oxygens (including phenoxy) is 1. The average molecular weight is 697 g/mol. The van der Waals surface area contributed by atoms with E-state index >= 15 is 0 Å². The maximum absolute atomic E-state index is 14.0. The minimum Gasteiger partial charge on any atom is -0.436 e. The van der Waals surface area contributed by atoms with Crippen LogP contribution in [0.1, 0.15) is 59.5 Å². The molecule has 0 saturated heterocycles. The Morgan fingerprint density at radius 1 is 0.922 bits per heavy atom. The number of hydrogen-bond donors (Lipinski definition) is 3. The Bertz CT molecular complexity index is 2100. The lowest BCUT2D eigenvalue weighted by molar-refractivity contribution is -0.274. The topological polar surface area (TPSA) is 151 Å². The van der Waals surface area contributed by atoms with E-state index in [2.05, 4.69) is 41.0 Å². The molecule has 0 aliphatic heterocycles. The second-order valence-electron chi connectivity index (χ2n) is 12.1. The van der Waals surface area contributed by atoms with Crippen LogP contribution in [0.3, 0.4) is 0 Å². The smallest absolute Gasteiger partial charge is 0.436 e. The van der Waals surface area contributed by atoms with Gasteiger partial charge in [0.05, 0.1) is 12.1 Å². The highest BCUT2D eigenvalue weighted by molar-refractivity contribution is 6.04. The van der Waals surface area contributed by atoms with Gasteiger partial charge >= 0.3 is 12.4 Å². The number of halogens is 3. The lowest BCUT2D eigenvalue weighted by Gasteiger charge is -2.26. The number of carbonyl (C=O) groups excluding carboxylic acids is 2. The summed E-state index contributed by atoms with van der Waals surface area (Å²) in [6.07, 6.45) is 0.858. The van der Waals surface area contributed by atoms with Crippen LogP contribution in [-0.2, 0) is 6.54 Å². The Balaban J connectivity index is 1.17. The number of para-hydroxylation sites is 2. The third-order valence-electron chi connectivity index (χ3n) is 8.63. The molecule has 2 heterocycles. The van der Waals surface area contributed by atoms with Crippen molar-refractivity contribution in [2.45, 2.75) is 50.9 Å². The standard InChI is InChI=1S/C36H31F3N8O4/c37-36(38,39)51-30-19-16-26(20-28(30)33-41-29-8-4-5-9-31(29)50-33)40-35(49)47(27-17-14-24(15-18-27)23-6-2-1-3-7-23)21-22-10-12-25(13-11-22)32(48)42-34-43-45-46-44-34/h4-5,8-20,23H,1-3,6-7,21H2,(H,40,49)(H2,42,43,44,45,46,48). The van der Waals surface area contributed by atoms with E-state index in [0.29, 0.717) is 33.8 Å². The van der Waals surface area contributed by atoms with Gasteiger partial charge in [0.25, 0.3) is 11.9 Å². The predicted octanol–water partition coefficient (Wildman–Crippen LogP) is 8.45. The van der Waals surface area contributed by atoms with Gasteiger partial charge in [0.2, 0.25) is 5.89 Å². The van der Waals surface area contributed by atoms with Gasteiger partial charge in [-0.3, -0.25) is 15.0 Å². The minimum atomic E-state index is -4.98. The number of oxazole rings is 1. The van der Waals surface area contributed by atoms with E-state index in [9.17, 15) is 22.8 Å². The van der Waals surface area contributed by atoms with Gasteiger partial charge in [-0.2, -0.15) is 5.21 Å². The zero-order valence-electron chi connectivity index (χ0n) is 27.0. The fraction of sp³-hybridized carbons (Fsp3) is 0.222. The second kappa shape index (κ2) is 14.3. The van der Waals surface area contributed by atoms with Crippen LogP contribution < -0.4 is 20.3 Å². The molecular formula is C36H31F3N8O4. The number of nitrogens with zero attached hydrogens (tertiary/aromatic N) is 5. The largest absolute Gasteiger partial charge is 0.573 e. The number of fused-ring (bicyclic) bond motifs is 1. The summed E-state index contributed by atoms with van der Waals surface area (Å²) in [4.78, 5) is 32.5. The zero-order chi connectivity index (χ0) is 35.4. The van der Waals surface area contributed by atoms with Crippen LogP contribution in [0.15, 0.2) is 95.4 Å². The molecule has 4 aromatic carbocycles. The molecule has 1 saturated carbocycles. The van der Waals surface area contributed by atoms with Crippen LogP contribution >= 0.6 is 0 Å². The SMILES string of the molecule is O=C(Nc1nn[nH]n1)c1ccc(CN(C(=O)Nc2ccc(OC(F)(F)F)c(-c3nc4ccccc4o3)c2)c2ccc(C3CCCCC3)cc2)cc1. The maximum atomic E-state index is 14.0. The summed E-state index contributed by atoms with van der Waals surface area (Å²) in [7, 11) is 0. The molecular weight excluding hydrogens is 665 g/mol. The van der Waals surface area contributed by atoms with Crippen molar-refractivity contribution < 1.29 is 31.9 Å². The normalized spacial score (nSPS) is 13.5. The summed E-state index contributed by atoms with van der Waals surface area (Å²) in [5.74, 6) is -0.593. The third-order valence-corrected chi connectivity index (χ3v) is 8.63. The number of aromatic nitrogens is 5. The first-order chi connectivity index (χ1) is 24.7. The maximum Gasteiger partial charge on any atom is 0.573 e. The molecule has 7 rings (SSSR count). The number of tetrazole rings is 1. The number of hydrogen-bond acceptors (Lipinski definition) is 8. The van der Waals surface area contributed by atoms with Crippen LogP contribution in [0.4, 0.5) is 35.3 Å². The van der Waals surface area contributed by atoms with E-state index in [1.165, 1.54) is 41.9 Å². The van der Waals surface area contributed by atoms with E-state index in [4.69, 9.17) is 4.42 Å². The van der Waals surface area contributed by atoms with Gasteiger partial charge < -0.3 is 14.5 Å². The second-order valence-corrected chi connectivity index (χ2v) is 12.1. The molecule has 3 amide bonds. The molecule has 1 fully saturated rings. The Kier molecular flexibility index (Phi) is 9.33. The zero-order valence-corrected chi connectivity index (χ0v) is 27.0. The van der Waals surface area contributed by atoms with Crippen LogP contribution in [0.25, 0.3) is 22.6 Å². The van der Waals surface area contributed by atoms with Crippen molar-refractivity contribution in [3.05, 3.63) is 108 Å². The molecule has 3 N–H and O–H groups in total. The molecule has 6 aromatic rings. The van der Waals surface area contributed by atoms with Crippen LogP contribution in [0.2, 0.25) is 0 Å². The number of alkyl halides is 3. The van der Waals surface area contributed by atoms with E-state index in [1.807, 2.05) is 24.3 Å². The number of H-pyrrole nitrogens is 1. The van der Waals surface area contributed by atoms with E-state index in [1.54, 1.807) is 48.5 Å². The summed E-state index contributed by atoms with van der Waals surface area (Å²) in [5, 5.41) is 18.5. The Morgan fingerprint density at radius 2 is 1.69 bits per heavy atom. The lowest BCUT2D eigenvalue weighted by Crippen LogP contribution is -2.34. The van der Waals surface area contributed by atoms with Gasteiger partial charge in [0.1, 0.15) is 11.3 Å². The van der Waals surface area contributed by atoms with Gasteiger partial charge in [-0.05, 0) is 89.7 Å². The van der Waals surface area contributed by atoms with Crippen molar-refractivity contribution in [1.29, 1.82) is 0 Å². The molecule has 1 aliphatic carbocycles. The van der Waals surface area contributed by atoms with Gasteiger partial charge in [0, 0.05) is 16.9 Å². The first kappa shape index (κ1) is 33.3.